The summed E-state index contributed by atoms with van der Waals surface area (Å²) in [6.45, 7) is 10.6. The molecule has 0 aromatic carbocycles. The zero-order valence-corrected chi connectivity index (χ0v) is 14.0. The van der Waals surface area contributed by atoms with Crippen molar-refractivity contribution in [3.05, 3.63) is 18.0 Å². The van der Waals surface area contributed by atoms with Crippen LogP contribution in [0.3, 0.4) is 0 Å². The molecule has 4 nitrogen and oxygen atoms in total. The SMILES string of the molecule is CC(C)C1CN(CCc2cnn(C)c2)C(C)(C2CC2)CN1. The van der Waals surface area contributed by atoms with Crippen LogP contribution in [0.25, 0.3) is 0 Å². The maximum Gasteiger partial charge on any atom is 0.0522 e. The Bertz CT molecular complexity index is 477. The van der Waals surface area contributed by atoms with E-state index in [4.69, 9.17) is 0 Å². The molecule has 1 aromatic rings. The Morgan fingerprint density at radius 1 is 1.43 bits per heavy atom. The van der Waals surface area contributed by atoms with Gasteiger partial charge in [0, 0.05) is 44.5 Å². The van der Waals surface area contributed by atoms with E-state index in [0.29, 0.717) is 17.5 Å². The Kier molecular flexibility index (Phi) is 4.10. The maximum atomic E-state index is 4.29. The molecule has 1 saturated carbocycles. The molecule has 3 rings (SSSR count). The molecule has 118 valence electrons. The van der Waals surface area contributed by atoms with Crippen molar-refractivity contribution in [3.8, 4) is 0 Å². The smallest absolute Gasteiger partial charge is 0.0522 e. The van der Waals surface area contributed by atoms with E-state index >= 15 is 0 Å². The molecule has 0 spiro atoms. The van der Waals surface area contributed by atoms with Crippen molar-refractivity contribution in [1.29, 1.82) is 0 Å². The summed E-state index contributed by atoms with van der Waals surface area (Å²) in [5, 5.41) is 8.10. The van der Waals surface area contributed by atoms with Gasteiger partial charge in [-0.15, -0.1) is 0 Å². The van der Waals surface area contributed by atoms with Gasteiger partial charge in [0.1, 0.15) is 0 Å². The molecule has 1 N–H and O–H groups in total. The van der Waals surface area contributed by atoms with Gasteiger partial charge in [0.05, 0.1) is 6.20 Å². The highest BCUT2D eigenvalue weighted by Crippen LogP contribution is 2.44. The largest absolute Gasteiger partial charge is 0.311 e. The molecule has 0 amide bonds. The molecule has 1 aliphatic carbocycles. The van der Waals surface area contributed by atoms with Crippen LogP contribution >= 0.6 is 0 Å². The van der Waals surface area contributed by atoms with Gasteiger partial charge in [-0.2, -0.15) is 5.10 Å². The number of hydrogen-bond donors (Lipinski definition) is 1. The fourth-order valence-corrected chi connectivity index (χ4v) is 3.73. The first-order chi connectivity index (χ1) is 9.99. The van der Waals surface area contributed by atoms with Crippen LogP contribution in [0.4, 0.5) is 0 Å². The van der Waals surface area contributed by atoms with E-state index in [-0.39, 0.29) is 0 Å². The predicted molar refractivity (Wildman–Crippen MR) is 86.2 cm³/mol. The topological polar surface area (TPSA) is 33.1 Å². The first-order valence-electron chi connectivity index (χ1n) is 8.45. The van der Waals surface area contributed by atoms with Crippen LogP contribution in [-0.4, -0.2) is 45.9 Å². The van der Waals surface area contributed by atoms with E-state index in [1.54, 1.807) is 0 Å². The molecule has 4 heteroatoms. The Balaban J connectivity index is 1.67. The van der Waals surface area contributed by atoms with Gasteiger partial charge in [-0.25, -0.2) is 0 Å². The molecule has 2 unspecified atom stereocenters. The molecule has 2 aliphatic rings. The Labute approximate surface area is 128 Å². The van der Waals surface area contributed by atoms with Crippen molar-refractivity contribution in [2.24, 2.45) is 18.9 Å². The van der Waals surface area contributed by atoms with Crippen molar-refractivity contribution in [2.45, 2.75) is 51.6 Å². The first kappa shape index (κ1) is 15.0. The van der Waals surface area contributed by atoms with Gasteiger partial charge in [0.2, 0.25) is 0 Å². The van der Waals surface area contributed by atoms with E-state index in [1.807, 2.05) is 17.9 Å². The molecule has 2 heterocycles. The minimum Gasteiger partial charge on any atom is -0.311 e. The molecule has 1 aromatic heterocycles. The lowest BCUT2D eigenvalue weighted by atomic mass is 9.87. The molecule has 0 bridgehead atoms. The second-order valence-corrected chi connectivity index (χ2v) is 7.58. The van der Waals surface area contributed by atoms with Crippen LogP contribution in [0.5, 0.6) is 0 Å². The molecule has 21 heavy (non-hydrogen) atoms. The van der Waals surface area contributed by atoms with E-state index in [0.717, 1.165) is 25.4 Å². The zero-order valence-electron chi connectivity index (χ0n) is 14.0. The van der Waals surface area contributed by atoms with Crippen LogP contribution in [-0.2, 0) is 13.5 Å². The van der Waals surface area contributed by atoms with Gasteiger partial charge in [0.15, 0.2) is 0 Å². The van der Waals surface area contributed by atoms with Crippen LogP contribution in [0.1, 0.15) is 39.2 Å². The highest BCUT2D eigenvalue weighted by Gasteiger charge is 2.48. The average Bonchev–Trinajstić information content (AvgIpc) is 3.22. The van der Waals surface area contributed by atoms with Crippen LogP contribution in [0, 0.1) is 11.8 Å². The monoisotopic (exact) mass is 290 g/mol. The third-order valence-corrected chi connectivity index (χ3v) is 5.55. The number of aryl methyl sites for hydroxylation is 1. The van der Waals surface area contributed by atoms with E-state index in [9.17, 15) is 0 Å². The standard InChI is InChI=1S/C17H30N4/c1-13(2)16-11-21(8-7-14-9-19-20(4)10-14)17(3,12-18-16)15-5-6-15/h9-10,13,15-16,18H,5-8,11-12H2,1-4H3. The molecule has 2 fully saturated rings. The van der Waals surface area contributed by atoms with Crippen LogP contribution in [0.15, 0.2) is 12.4 Å². The van der Waals surface area contributed by atoms with Gasteiger partial charge < -0.3 is 5.32 Å². The lowest BCUT2D eigenvalue weighted by molar-refractivity contribution is 0.0265. The first-order valence-corrected chi connectivity index (χ1v) is 8.45. The van der Waals surface area contributed by atoms with Crippen molar-refractivity contribution >= 4 is 0 Å². The Morgan fingerprint density at radius 3 is 2.76 bits per heavy atom. The van der Waals surface area contributed by atoms with Crippen LogP contribution < -0.4 is 5.32 Å². The second kappa shape index (κ2) is 5.73. The Morgan fingerprint density at radius 2 is 2.19 bits per heavy atom. The molecule has 1 aliphatic heterocycles. The summed E-state index contributed by atoms with van der Waals surface area (Å²) in [4.78, 5) is 2.76. The van der Waals surface area contributed by atoms with E-state index in [2.05, 4.69) is 42.3 Å². The third-order valence-electron chi connectivity index (χ3n) is 5.55. The number of nitrogens with one attached hydrogen (secondary N) is 1. The number of piperazine rings is 1. The quantitative estimate of drug-likeness (QED) is 0.901. The number of rotatable bonds is 5. The minimum absolute atomic E-state index is 0.355. The highest BCUT2D eigenvalue weighted by atomic mass is 15.3. The van der Waals surface area contributed by atoms with Gasteiger partial charge >= 0.3 is 0 Å². The van der Waals surface area contributed by atoms with Gasteiger partial charge in [0.25, 0.3) is 0 Å². The fraction of sp³-hybridized carbons (Fsp3) is 0.824. The summed E-state index contributed by atoms with van der Waals surface area (Å²) in [7, 11) is 2.00. The third kappa shape index (κ3) is 3.16. The summed E-state index contributed by atoms with van der Waals surface area (Å²) in [6.07, 6.45) is 8.09. The van der Waals surface area contributed by atoms with Crippen molar-refractivity contribution < 1.29 is 0 Å². The molecule has 0 radical (unpaired) electrons. The van der Waals surface area contributed by atoms with Gasteiger partial charge in [-0.3, -0.25) is 9.58 Å². The maximum absolute atomic E-state index is 4.29. The van der Waals surface area contributed by atoms with Crippen molar-refractivity contribution in [3.63, 3.8) is 0 Å². The van der Waals surface area contributed by atoms with Crippen molar-refractivity contribution in [1.82, 2.24) is 20.0 Å². The molecule has 1 saturated heterocycles. The summed E-state index contributed by atoms with van der Waals surface area (Å²) in [5.41, 5.74) is 1.71. The molecule has 2 atom stereocenters. The second-order valence-electron chi connectivity index (χ2n) is 7.58. The lowest BCUT2D eigenvalue weighted by Gasteiger charge is -2.49. The number of nitrogens with zero attached hydrogens (tertiary/aromatic N) is 3. The summed E-state index contributed by atoms with van der Waals surface area (Å²) >= 11 is 0. The average molecular weight is 290 g/mol. The summed E-state index contributed by atoms with van der Waals surface area (Å²) < 4.78 is 1.91. The zero-order chi connectivity index (χ0) is 15.0. The van der Waals surface area contributed by atoms with Crippen LogP contribution in [0.2, 0.25) is 0 Å². The summed E-state index contributed by atoms with van der Waals surface area (Å²) in [5.74, 6) is 1.60. The minimum atomic E-state index is 0.355. The molecular formula is C17H30N4. The van der Waals surface area contributed by atoms with E-state index < -0.39 is 0 Å². The fourth-order valence-electron chi connectivity index (χ4n) is 3.73. The van der Waals surface area contributed by atoms with Gasteiger partial charge in [-0.05, 0) is 43.6 Å². The predicted octanol–water partition coefficient (Wildman–Crippen LogP) is 2.06. The summed E-state index contributed by atoms with van der Waals surface area (Å²) in [6, 6.07) is 0.630. The van der Waals surface area contributed by atoms with Crippen molar-refractivity contribution in [2.75, 3.05) is 19.6 Å². The lowest BCUT2D eigenvalue weighted by Crippen LogP contribution is -2.65. The number of aromatic nitrogens is 2. The Hall–Kier alpha value is -0.870. The normalized spacial score (nSPS) is 31.0. The molecular weight excluding hydrogens is 260 g/mol. The van der Waals surface area contributed by atoms with Gasteiger partial charge in [-0.1, -0.05) is 13.8 Å². The highest BCUT2D eigenvalue weighted by molar-refractivity contribution is 5.08. The number of hydrogen-bond acceptors (Lipinski definition) is 3. The van der Waals surface area contributed by atoms with E-state index in [1.165, 1.54) is 24.9 Å².